The van der Waals surface area contributed by atoms with Gasteiger partial charge in [0, 0.05) is 34.0 Å². The van der Waals surface area contributed by atoms with E-state index in [2.05, 4.69) is 16.2 Å². The fourth-order valence-corrected chi connectivity index (χ4v) is 3.61. The first kappa shape index (κ1) is 20.7. The Balaban J connectivity index is 1.91. The molecular weight excluding hydrogens is 408 g/mol. The van der Waals surface area contributed by atoms with Gasteiger partial charge in [-0.1, -0.05) is 47.5 Å². The molecule has 29 heavy (non-hydrogen) atoms. The van der Waals surface area contributed by atoms with Gasteiger partial charge < -0.3 is 10.3 Å². The highest BCUT2D eigenvalue weighted by atomic mass is 35.5. The highest BCUT2D eigenvalue weighted by molar-refractivity contribution is 8.13. The van der Waals surface area contributed by atoms with E-state index >= 15 is 0 Å². The van der Waals surface area contributed by atoms with E-state index in [0.29, 0.717) is 21.7 Å². The molecule has 0 aliphatic carbocycles. The Hall–Kier alpha value is -3.01. The molecule has 2 N–H and O–H groups in total. The standard InChI is InChI=1S/C22H17ClN2O3S/c1-2-11-29-22(28)19(25-21(27)14-7-9-16(23)10-8-14)12-15-13-20(26)24-18-6-4-3-5-17(15)18/h1,3-10,13,19H,11-12H2,(H,24,26)(H,25,27). The predicted molar refractivity (Wildman–Crippen MR) is 117 cm³/mol. The van der Waals surface area contributed by atoms with Crippen molar-refractivity contribution in [3.63, 3.8) is 0 Å². The number of hydrogen-bond donors (Lipinski definition) is 2. The SMILES string of the molecule is C#CCSC(=O)C(Cc1cc(=O)[nH]c2ccccc12)NC(=O)c1ccc(Cl)cc1. The van der Waals surface area contributed by atoms with E-state index < -0.39 is 11.9 Å². The molecule has 3 aromatic rings. The van der Waals surface area contributed by atoms with Crippen LogP contribution in [0.4, 0.5) is 0 Å². The summed E-state index contributed by atoms with van der Waals surface area (Å²) in [6.07, 6.45) is 5.43. The number of para-hydroxylation sites is 1. The molecule has 0 aliphatic heterocycles. The number of terminal acetylenes is 1. The van der Waals surface area contributed by atoms with Crippen LogP contribution in [-0.4, -0.2) is 27.8 Å². The number of hydrogen-bond acceptors (Lipinski definition) is 4. The topological polar surface area (TPSA) is 79.0 Å². The largest absolute Gasteiger partial charge is 0.341 e. The maximum atomic E-state index is 12.7. The van der Waals surface area contributed by atoms with Crippen LogP contribution >= 0.6 is 23.4 Å². The van der Waals surface area contributed by atoms with E-state index in [4.69, 9.17) is 18.0 Å². The van der Waals surface area contributed by atoms with Gasteiger partial charge in [0.25, 0.3) is 5.91 Å². The van der Waals surface area contributed by atoms with Crippen LogP contribution in [0.3, 0.4) is 0 Å². The molecule has 0 aliphatic rings. The van der Waals surface area contributed by atoms with Gasteiger partial charge in [0.2, 0.25) is 10.7 Å². The van der Waals surface area contributed by atoms with Crippen molar-refractivity contribution in [3.8, 4) is 12.3 Å². The van der Waals surface area contributed by atoms with Crippen molar-refractivity contribution in [2.24, 2.45) is 0 Å². The van der Waals surface area contributed by atoms with Crippen molar-refractivity contribution in [1.29, 1.82) is 0 Å². The van der Waals surface area contributed by atoms with Gasteiger partial charge in [0.1, 0.15) is 6.04 Å². The number of carbonyl (C=O) groups excluding carboxylic acids is 2. The second kappa shape index (κ2) is 9.46. The summed E-state index contributed by atoms with van der Waals surface area (Å²) in [5.41, 5.74) is 1.44. The third-order valence-corrected chi connectivity index (χ3v) is 5.39. The van der Waals surface area contributed by atoms with Gasteiger partial charge in [-0.2, -0.15) is 0 Å². The summed E-state index contributed by atoms with van der Waals surface area (Å²) in [5.74, 6) is 2.20. The van der Waals surface area contributed by atoms with Crippen LogP contribution in [-0.2, 0) is 11.2 Å². The third kappa shape index (κ3) is 5.29. The Kier molecular flexibility index (Phi) is 6.76. The molecule has 1 heterocycles. The number of H-pyrrole nitrogens is 1. The molecule has 5 nitrogen and oxygen atoms in total. The Labute approximate surface area is 176 Å². The lowest BCUT2D eigenvalue weighted by molar-refractivity contribution is -0.112. The van der Waals surface area contributed by atoms with Crippen LogP contribution in [0, 0.1) is 12.3 Å². The minimum atomic E-state index is -0.846. The number of halogens is 1. The van der Waals surface area contributed by atoms with E-state index in [1.54, 1.807) is 30.3 Å². The first-order valence-corrected chi connectivity index (χ1v) is 10.1. The fourth-order valence-electron chi connectivity index (χ4n) is 2.92. The maximum Gasteiger partial charge on any atom is 0.251 e. The molecule has 7 heteroatoms. The summed E-state index contributed by atoms with van der Waals surface area (Å²) < 4.78 is 0. The number of amides is 1. The summed E-state index contributed by atoms with van der Waals surface area (Å²) >= 11 is 6.82. The number of nitrogens with one attached hydrogen (secondary N) is 2. The quantitative estimate of drug-likeness (QED) is 0.594. The zero-order chi connectivity index (χ0) is 20.8. The van der Waals surface area contributed by atoms with Gasteiger partial charge in [0.05, 0.1) is 5.75 Å². The van der Waals surface area contributed by atoms with E-state index in [9.17, 15) is 14.4 Å². The van der Waals surface area contributed by atoms with E-state index in [-0.39, 0.29) is 22.8 Å². The number of carbonyl (C=O) groups is 2. The molecule has 1 unspecified atom stereocenters. The summed E-state index contributed by atoms with van der Waals surface area (Å²) in [6, 6.07) is 14.3. The lowest BCUT2D eigenvalue weighted by Gasteiger charge is -2.18. The first-order chi connectivity index (χ1) is 14.0. The van der Waals surface area contributed by atoms with Crippen LogP contribution in [0.15, 0.2) is 59.4 Å². The van der Waals surface area contributed by atoms with Gasteiger partial charge in [0.15, 0.2) is 0 Å². The molecule has 1 aromatic heterocycles. The number of benzene rings is 2. The average molecular weight is 425 g/mol. The number of aromatic amines is 1. The van der Waals surface area contributed by atoms with Crippen molar-refractivity contribution >= 4 is 45.3 Å². The lowest BCUT2D eigenvalue weighted by atomic mass is 10.0. The number of rotatable bonds is 6. The second-order valence-electron chi connectivity index (χ2n) is 6.25. The van der Waals surface area contributed by atoms with Gasteiger partial charge in [-0.15, -0.1) is 6.42 Å². The lowest BCUT2D eigenvalue weighted by Crippen LogP contribution is -2.41. The van der Waals surface area contributed by atoms with Gasteiger partial charge >= 0.3 is 0 Å². The number of aromatic nitrogens is 1. The predicted octanol–water partition coefficient (Wildman–Crippen LogP) is 3.42. The van der Waals surface area contributed by atoms with Crippen molar-refractivity contribution in [2.45, 2.75) is 12.5 Å². The van der Waals surface area contributed by atoms with Crippen molar-refractivity contribution in [1.82, 2.24) is 10.3 Å². The Morgan fingerprint density at radius 2 is 1.90 bits per heavy atom. The Morgan fingerprint density at radius 3 is 2.62 bits per heavy atom. The summed E-state index contributed by atoms with van der Waals surface area (Å²) in [4.78, 5) is 40.1. The van der Waals surface area contributed by atoms with E-state index in [1.165, 1.54) is 6.07 Å². The summed E-state index contributed by atoms with van der Waals surface area (Å²) in [5, 5.41) is 3.81. The second-order valence-corrected chi connectivity index (χ2v) is 7.67. The highest BCUT2D eigenvalue weighted by Gasteiger charge is 2.23. The minimum Gasteiger partial charge on any atom is -0.341 e. The number of fused-ring (bicyclic) bond motifs is 1. The zero-order valence-electron chi connectivity index (χ0n) is 15.3. The molecule has 2 aromatic carbocycles. The average Bonchev–Trinajstić information content (AvgIpc) is 2.71. The highest BCUT2D eigenvalue weighted by Crippen LogP contribution is 2.19. The van der Waals surface area contributed by atoms with Crippen molar-refractivity contribution in [3.05, 3.63) is 81.1 Å². The molecule has 1 amide bonds. The minimum absolute atomic E-state index is 0.167. The molecule has 0 spiro atoms. The number of thioether (sulfide) groups is 1. The Bertz CT molecular complexity index is 1150. The third-order valence-electron chi connectivity index (χ3n) is 4.25. The van der Waals surface area contributed by atoms with Crippen LogP contribution in [0.1, 0.15) is 15.9 Å². The molecular formula is C22H17ClN2O3S. The van der Waals surface area contributed by atoms with Gasteiger partial charge in [-0.05, 0) is 35.9 Å². The van der Waals surface area contributed by atoms with Crippen LogP contribution in [0.5, 0.6) is 0 Å². The van der Waals surface area contributed by atoms with Crippen molar-refractivity contribution < 1.29 is 9.59 Å². The monoisotopic (exact) mass is 424 g/mol. The van der Waals surface area contributed by atoms with Crippen LogP contribution in [0.2, 0.25) is 5.02 Å². The normalized spacial score (nSPS) is 11.6. The summed E-state index contributed by atoms with van der Waals surface area (Å²) in [6.45, 7) is 0. The molecule has 1 atom stereocenters. The molecule has 3 rings (SSSR count). The molecule has 0 bridgehead atoms. The van der Waals surface area contributed by atoms with Gasteiger partial charge in [-0.3, -0.25) is 14.4 Å². The smallest absolute Gasteiger partial charge is 0.251 e. The maximum absolute atomic E-state index is 12.7. The Morgan fingerprint density at radius 1 is 1.17 bits per heavy atom. The van der Waals surface area contributed by atoms with Crippen LogP contribution < -0.4 is 10.9 Å². The summed E-state index contributed by atoms with van der Waals surface area (Å²) in [7, 11) is 0. The molecule has 0 fully saturated rings. The van der Waals surface area contributed by atoms with E-state index in [1.807, 2.05) is 18.2 Å². The zero-order valence-corrected chi connectivity index (χ0v) is 16.8. The van der Waals surface area contributed by atoms with E-state index in [0.717, 1.165) is 17.1 Å². The van der Waals surface area contributed by atoms with Crippen LogP contribution in [0.25, 0.3) is 10.9 Å². The first-order valence-electron chi connectivity index (χ1n) is 8.75. The fraction of sp³-hybridized carbons (Fsp3) is 0.136. The molecule has 0 saturated carbocycles. The van der Waals surface area contributed by atoms with Gasteiger partial charge in [-0.25, -0.2) is 0 Å². The van der Waals surface area contributed by atoms with Crippen molar-refractivity contribution in [2.75, 3.05) is 5.75 Å². The number of pyridine rings is 1. The molecule has 146 valence electrons. The molecule has 0 radical (unpaired) electrons. The molecule has 0 saturated heterocycles.